The number of tetrazole rings is 1. The highest BCUT2D eigenvalue weighted by atomic mass is 15.5. The second kappa shape index (κ2) is 5.44. The van der Waals surface area contributed by atoms with Crippen LogP contribution < -0.4 is 0 Å². The topological polar surface area (TPSA) is 67.3 Å². The van der Waals surface area contributed by atoms with Gasteiger partial charge < -0.3 is 0 Å². The van der Waals surface area contributed by atoms with E-state index < -0.39 is 0 Å². The monoisotopic (exact) mass is 263 g/mol. The summed E-state index contributed by atoms with van der Waals surface area (Å²) in [6.45, 7) is 1.99. The van der Waals surface area contributed by atoms with E-state index in [-0.39, 0.29) is 0 Å². The predicted molar refractivity (Wildman–Crippen MR) is 77.5 cm³/mol. The standard InChI is InChI=1S/C15H13N5/c1-11-4-2-7-14(16-11)13-6-3-5-12(10-13)8-9-15-17-19-20-18-15/h2-10H,1H3,(H,17,18,19,20)/b9-8+. The minimum Gasteiger partial charge on any atom is -0.253 e. The van der Waals surface area contributed by atoms with Gasteiger partial charge in [0.15, 0.2) is 5.82 Å². The van der Waals surface area contributed by atoms with Crippen molar-refractivity contribution in [2.75, 3.05) is 0 Å². The van der Waals surface area contributed by atoms with Crippen molar-refractivity contribution >= 4 is 12.2 Å². The van der Waals surface area contributed by atoms with Gasteiger partial charge in [-0.1, -0.05) is 30.3 Å². The zero-order chi connectivity index (χ0) is 13.8. The van der Waals surface area contributed by atoms with Gasteiger partial charge in [-0.2, -0.15) is 5.21 Å². The van der Waals surface area contributed by atoms with Crippen molar-refractivity contribution in [3.05, 3.63) is 59.5 Å². The van der Waals surface area contributed by atoms with Crippen LogP contribution in [0.25, 0.3) is 23.4 Å². The van der Waals surface area contributed by atoms with Crippen LogP contribution in [0, 0.1) is 6.92 Å². The molecule has 1 N–H and O–H groups in total. The Balaban J connectivity index is 1.90. The first-order chi connectivity index (χ1) is 9.81. The van der Waals surface area contributed by atoms with Crippen molar-refractivity contribution in [1.29, 1.82) is 0 Å². The number of rotatable bonds is 3. The van der Waals surface area contributed by atoms with E-state index in [4.69, 9.17) is 0 Å². The maximum atomic E-state index is 4.53. The molecule has 0 unspecified atom stereocenters. The van der Waals surface area contributed by atoms with Crippen molar-refractivity contribution < 1.29 is 0 Å². The van der Waals surface area contributed by atoms with Crippen LogP contribution in [0.15, 0.2) is 42.5 Å². The summed E-state index contributed by atoms with van der Waals surface area (Å²) < 4.78 is 0. The third-order valence-electron chi connectivity index (χ3n) is 2.86. The third-order valence-corrected chi connectivity index (χ3v) is 2.86. The van der Waals surface area contributed by atoms with Gasteiger partial charge in [0.1, 0.15) is 0 Å². The van der Waals surface area contributed by atoms with Gasteiger partial charge in [0.25, 0.3) is 0 Å². The molecule has 5 heteroatoms. The number of benzene rings is 1. The molecule has 0 spiro atoms. The SMILES string of the molecule is Cc1cccc(-c2cccc(/C=C/c3nn[nH]n3)c2)n1. The Bertz CT molecular complexity index is 732. The minimum absolute atomic E-state index is 0.559. The lowest BCUT2D eigenvalue weighted by molar-refractivity contribution is 0.881. The van der Waals surface area contributed by atoms with E-state index in [0.717, 1.165) is 22.5 Å². The van der Waals surface area contributed by atoms with E-state index in [1.54, 1.807) is 0 Å². The Hall–Kier alpha value is -2.82. The lowest BCUT2D eigenvalue weighted by Gasteiger charge is -2.03. The van der Waals surface area contributed by atoms with E-state index in [1.165, 1.54) is 0 Å². The van der Waals surface area contributed by atoms with Gasteiger partial charge in [-0.25, -0.2) is 0 Å². The van der Waals surface area contributed by atoms with Crippen LogP contribution in [0.5, 0.6) is 0 Å². The quantitative estimate of drug-likeness (QED) is 0.789. The van der Waals surface area contributed by atoms with Crippen LogP contribution >= 0.6 is 0 Å². The van der Waals surface area contributed by atoms with Crippen molar-refractivity contribution in [1.82, 2.24) is 25.6 Å². The third kappa shape index (κ3) is 2.77. The number of hydrogen-bond acceptors (Lipinski definition) is 4. The molecule has 0 saturated carbocycles. The molecule has 0 bridgehead atoms. The number of pyridine rings is 1. The first kappa shape index (κ1) is 12.2. The van der Waals surface area contributed by atoms with Gasteiger partial charge in [0.05, 0.1) is 5.69 Å². The molecule has 0 aliphatic rings. The van der Waals surface area contributed by atoms with Gasteiger partial charge in [0, 0.05) is 11.3 Å². The Labute approximate surface area is 116 Å². The van der Waals surface area contributed by atoms with Crippen molar-refractivity contribution in [3.63, 3.8) is 0 Å². The molecule has 1 aromatic carbocycles. The number of H-pyrrole nitrogens is 1. The normalized spacial score (nSPS) is 11.1. The van der Waals surface area contributed by atoms with Gasteiger partial charge in [0.2, 0.25) is 0 Å². The number of hydrogen-bond donors (Lipinski definition) is 1. The highest BCUT2D eigenvalue weighted by molar-refractivity contribution is 5.70. The van der Waals surface area contributed by atoms with Crippen LogP contribution in [0.2, 0.25) is 0 Å². The fraction of sp³-hybridized carbons (Fsp3) is 0.0667. The largest absolute Gasteiger partial charge is 0.253 e. The van der Waals surface area contributed by atoms with Crippen molar-refractivity contribution in [2.24, 2.45) is 0 Å². The summed E-state index contributed by atoms with van der Waals surface area (Å²) in [5, 5.41) is 13.7. The minimum atomic E-state index is 0.559. The van der Waals surface area contributed by atoms with E-state index in [0.29, 0.717) is 5.82 Å². The molecule has 2 aromatic heterocycles. The number of nitrogens with one attached hydrogen (secondary N) is 1. The van der Waals surface area contributed by atoms with Gasteiger partial charge in [-0.15, -0.1) is 10.2 Å². The maximum Gasteiger partial charge on any atom is 0.197 e. The zero-order valence-corrected chi connectivity index (χ0v) is 11.0. The fourth-order valence-electron chi connectivity index (χ4n) is 1.92. The second-order valence-corrected chi connectivity index (χ2v) is 4.39. The predicted octanol–water partition coefficient (Wildman–Crippen LogP) is 2.74. The average Bonchev–Trinajstić information content (AvgIpc) is 2.99. The molecule has 0 radical (unpaired) electrons. The molecule has 5 nitrogen and oxygen atoms in total. The van der Waals surface area contributed by atoms with E-state index in [1.807, 2.05) is 55.5 Å². The number of aryl methyl sites for hydroxylation is 1. The van der Waals surface area contributed by atoms with E-state index >= 15 is 0 Å². The molecule has 0 atom stereocenters. The van der Waals surface area contributed by atoms with Crippen LogP contribution in [-0.2, 0) is 0 Å². The highest BCUT2D eigenvalue weighted by Gasteiger charge is 2.00. The second-order valence-electron chi connectivity index (χ2n) is 4.39. The molecule has 0 aliphatic carbocycles. The van der Waals surface area contributed by atoms with E-state index in [2.05, 4.69) is 31.7 Å². The lowest BCUT2D eigenvalue weighted by atomic mass is 10.1. The summed E-state index contributed by atoms with van der Waals surface area (Å²) in [6, 6.07) is 14.2. The van der Waals surface area contributed by atoms with Gasteiger partial charge >= 0.3 is 0 Å². The summed E-state index contributed by atoms with van der Waals surface area (Å²) in [6.07, 6.45) is 3.76. The Morgan fingerprint density at radius 1 is 1.05 bits per heavy atom. The van der Waals surface area contributed by atoms with Gasteiger partial charge in [-0.3, -0.25) is 4.98 Å². The smallest absolute Gasteiger partial charge is 0.197 e. The molecule has 0 amide bonds. The zero-order valence-electron chi connectivity index (χ0n) is 11.0. The van der Waals surface area contributed by atoms with Crippen molar-refractivity contribution in [2.45, 2.75) is 6.92 Å². The molecular weight excluding hydrogens is 250 g/mol. The molecule has 3 rings (SSSR count). The molecule has 0 fully saturated rings. The van der Waals surface area contributed by atoms with Crippen LogP contribution in [-0.4, -0.2) is 25.6 Å². The summed E-state index contributed by atoms with van der Waals surface area (Å²) in [7, 11) is 0. The Morgan fingerprint density at radius 2 is 1.95 bits per heavy atom. The van der Waals surface area contributed by atoms with Crippen molar-refractivity contribution in [3.8, 4) is 11.3 Å². The number of aromatic nitrogens is 5. The molecule has 0 aliphatic heterocycles. The fourth-order valence-corrected chi connectivity index (χ4v) is 1.92. The average molecular weight is 263 g/mol. The Morgan fingerprint density at radius 3 is 2.75 bits per heavy atom. The highest BCUT2D eigenvalue weighted by Crippen LogP contribution is 2.19. The lowest BCUT2D eigenvalue weighted by Crippen LogP contribution is -1.86. The Kier molecular flexibility index (Phi) is 3.33. The summed E-state index contributed by atoms with van der Waals surface area (Å²) in [5.74, 6) is 0.559. The molecule has 3 aromatic rings. The molecule has 20 heavy (non-hydrogen) atoms. The molecule has 98 valence electrons. The maximum absolute atomic E-state index is 4.53. The first-order valence-corrected chi connectivity index (χ1v) is 6.27. The van der Waals surface area contributed by atoms with E-state index in [9.17, 15) is 0 Å². The van der Waals surface area contributed by atoms with Crippen LogP contribution in [0.4, 0.5) is 0 Å². The molecular formula is C15H13N5. The summed E-state index contributed by atoms with van der Waals surface area (Å²) in [4.78, 5) is 4.53. The van der Waals surface area contributed by atoms with Crippen LogP contribution in [0.1, 0.15) is 17.1 Å². The van der Waals surface area contributed by atoms with Gasteiger partial charge in [-0.05, 0) is 42.0 Å². The van der Waals surface area contributed by atoms with Crippen LogP contribution in [0.3, 0.4) is 0 Å². The number of nitrogens with zero attached hydrogens (tertiary/aromatic N) is 4. The summed E-state index contributed by atoms with van der Waals surface area (Å²) >= 11 is 0. The summed E-state index contributed by atoms with van der Waals surface area (Å²) in [5.41, 5.74) is 4.13. The molecule has 2 heterocycles. The first-order valence-electron chi connectivity index (χ1n) is 6.27. The molecule has 0 saturated heterocycles. The number of aromatic amines is 1.